The van der Waals surface area contributed by atoms with Crippen LogP contribution in [0.4, 0.5) is 0 Å². The van der Waals surface area contributed by atoms with E-state index in [-0.39, 0.29) is 0 Å². The monoisotopic (exact) mass is 363 g/mol. The van der Waals surface area contributed by atoms with Crippen LogP contribution in [0.5, 0.6) is 5.75 Å². The standard InChI is InChI=1S/C22H25N3O2/c1-26-20-10-5-7-17(13-20)22-18(14-23-15-21-11-6-12-27-21)16-25(24-22)19-8-3-2-4-9-19/h2-5,7-10,13,16,21,23H,6,11-12,14-15H2,1H3. The van der Waals surface area contributed by atoms with Gasteiger partial charge in [0.2, 0.25) is 0 Å². The number of benzene rings is 2. The van der Waals surface area contributed by atoms with Crippen molar-refractivity contribution in [2.75, 3.05) is 20.3 Å². The first-order chi connectivity index (χ1) is 13.3. The van der Waals surface area contributed by atoms with Crippen molar-refractivity contribution in [2.24, 2.45) is 0 Å². The van der Waals surface area contributed by atoms with Gasteiger partial charge in [0.05, 0.1) is 24.6 Å². The zero-order valence-corrected chi connectivity index (χ0v) is 15.6. The molecule has 3 aromatic rings. The summed E-state index contributed by atoms with van der Waals surface area (Å²) in [6, 6.07) is 18.2. The fourth-order valence-electron chi connectivity index (χ4n) is 3.44. The van der Waals surface area contributed by atoms with Crippen molar-refractivity contribution in [3.63, 3.8) is 0 Å². The number of aromatic nitrogens is 2. The van der Waals surface area contributed by atoms with Gasteiger partial charge in [-0.3, -0.25) is 0 Å². The molecular weight excluding hydrogens is 338 g/mol. The molecule has 2 heterocycles. The highest BCUT2D eigenvalue weighted by Gasteiger charge is 2.16. The molecule has 0 aliphatic carbocycles. The molecule has 2 aromatic carbocycles. The summed E-state index contributed by atoms with van der Waals surface area (Å²) in [5.74, 6) is 0.833. The van der Waals surface area contributed by atoms with Crippen molar-refractivity contribution >= 4 is 0 Å². The topological polar surface area (TPSA) is 48.3 Å². The molecule has 5 nitrogen and oxygen atoms in total. The van der Waals surface area contributed by atoms with Crippen LogP contribution in [0.2, 0.25) is 0 Å². The van der Waals surface area contributed by atoms with Crippen LogP contribution in [0.25, 0.3) is 16.9 Å². The maximum absolute atomic E-state index is 5.71. The number of methoxy groups -OCH3 is 1. The minimum Gasteiger partial charge on any atom is -0.497 e. The summed E-state index contributed by atoms with van der Waals surface area (Å²) in [6.07, 6.45) is 4.73. The first kappa shape index (κ1) is 17.8. The van der Waals surface area contributed by atoms with Gasteiger partial charge in [0, 0.05) is 37.0 Å². The Morgan fingerprint density at radius 1 is 1.19 bits per heavy atom. The zero-order valence-electron chi connectivity index (χ0n) is 15.6. The van der Waals surface area contributed by atoms with Gasteiger partial charge in [-0.05, 0) is 37.1 Å². The van der Waals surface area contributed by atoms with E-state index in [0.29, 0.717) is 6.10 Å². The lowest BCUT2D eigenvalue weighted by Gasteiger charge is -2.10. The van der Waals surface area contributed by atoms with Crippen molar-refractivity contribution < 1.29 is 9.47 Å². The first-order valence-electron chi connectivity index (χ1n) is 9.44. The summed E-state index contributed by atoms with van der Waals surface area (Å²) in [4.78, 5) is 0. The van der Waals surface area contributed by atoms with Gasteiger partial charge in [-0.2, -0.15) is 5.10 Å². The Kier molecular flexibility index (Phi) is 5.51. The van der Waals surface area contributed by atoms with Crippen LogP contribution in [-0.4, -0.2) is 36.1 Å². The Morgan fingerprint density at radius 3 is 2.85 bits per heavy atom. The molecule has 0 amide bonds. The predicted molar refractivity (Wildman–Crippen MR) is 106 cm³/mol. The van der Waals surface area contributed by atoms with E-state index in [1.54, 1.807) is 7.11 Å². The number of nitrogens with one attached hydrogen (secondary N) is 1. The smallest absolute Gasteiger partial charge is 0.119 e. The SMILES string of the molecule is COc1cccc(-c2nn(-c3ccccc3)cc2CNCC2CCCO2)c1. The Hall–Kier alpha value is -2.63. The highest BCUT2D eigenvalue weighted by molar-refractivity contribution is 5.65. The van der Waals surface area contributed by atoms with Crippen LogP contribution in [-0.2, 0) is 11.3 Å². The molecule has 1 aromatic heterocycles. The Balaban J connectivity index is 1.61. The number of hydrogen-bond donors (Lipinski definition) is 1. The van der Waals surface area contributed by atoms with Gasteiger partial charge in [0.25, 0.3) is 0 Å². The second-order valence-electron chi connectivity index (χ2n) is 6.78. The van der Waals surface area contributed by atoms with Crippen molar-refractivity contribution in [3.05, 3.63) is 66.4 Å². The molecule has 1 N–H and O–H groups in total. The van der Waals surface area contributed by atoms with Crippen LogP contribution in [0, 0.1) is 0 Å². The maximum Gasteiger partial charge on any atom is 0.119 e. The average molecular weight is 363 g/mol. The number of rotatable bonds is 7. The summed E-state index contributed by atoms with van der Waals surface area (Å²) in [5, 5.41) is 8.40. The van der Waals surface area contributed by atoms with Crippen molar-refractivity contribution in [1.29, 1.82) is 0 Å². The Bertz CT molecular complexity index is 870. The maximum atomic E-state index is 5.71. The summed E-state index contributed by atoms with van der Waals surface area (Å²) in [6.45, 7) is 2.50. The molecule has 1 unspecified atom stereocenters. The molecular formula is C22H25N3O2. The molecule has 0 spiro atoms. The normalized spacial score (nSPS) is 16.6. The molecule has 0 bridgehead atoms. The van der Waals surface area contributed by atoms with Crippen LogP contribution in [0.15, 0.2) is 60.8 Å². The number of hydrogen-bond acceptors (Lipinski definition) is 4. The van der Waals surface area contributed by atoms with Gasteiger partial charge in [0.1, 0.15) is 5.75 Å². The Labute approximate surface area is 159 Å². The molecule has 5 heteroatoms. The van der Waals surface area contributed by atoms with Crippen LogP contribution < -0.4 is 10.1 Å². The molecule has 140 valence electrons. The van der Waals surface area contributed by atoms with Gasteiger partial charge in [-0.1, -0.05) is 30.3 Å². The van der Waals surface area contributed by atoms with Crippen molar-refractivity contribution in [3.8, 4) is 22.7 Å². The number of ether oxygens (including phenoxy) is 2. The summed E-state index contributed by atoms with van der Waals surface area (Å²) in [5.41, 5.74) is 4.23. The fourth-order valence-corrected chi connectivity index (χ4v) is 3.44. The molecule has 4 rings (SSSR count). The molecule has 0 saturated carbocycles. The van der Waals surface area contributed by atoms with Crippen LogP contribution in [0.1, 0.15) is 18.4 Å². The lowest BCUT2D eigenvalue weighted by molar-refractivity contribution is 0.110. The number of para-hydroxylation sites is 1. The largest absolute Gasteiger partial charge is 0.497 e. The Morgan fingerprint density at radius 2 is 2.07 bits per heavy atom. The van der Waals surface area contributed by atoms with Gasteiger partial charge in [0.15, 0.2) is 0 Å². The highest BCUT2D eigenvalue weighted by atomic mass is 16.5. The van der Waals surface area contributed by atoms with E-state index in [2.05, 4.69) is 29.7 Å². The zero-order chi connectivity index (χ0) is 18.5. The molecule has 27 heavy (non-hydrogen) atoms. The van der Waals surface area contributed by atoms with Gasteiger partial charge in [-0.25, -0.2) is 4.68 Å². The van der Waals surface area contributed by atoms with E-state index in [0.717, 1.165) is 60.8 Å². The minimum atomic E-state index is 0.328. The second-order valence-corrected chi connectivity index (χ2v) is 6.78. The summed E-state index contributed by atoms with van der Waals surface area (Å²) in [7, 11) is 1.69. The average Bonchev–Trinajstić information content (AvgIpc) is 3.39. The molecule has 1 aliphatic rings. The van der Waals surface area contributed by atoms with Crippen LogP contribution >= 0.6 is 0 Å². The molecule has 1 atom stereocenters. The quantitative estimate of drug-likeness (QED) is 0.693. The van der Waals surface area contributed by atoms with Gasteiger partial charge >= 0.3 is 0 Å². The third kappa shape index (κ3) is 4.21. The van der Waals surface area contributed by atoms with Crippen molar-refractivity contribution in [2.45, 2.75) is 25.5 Å². The summed E-state index contributed by atoms with van der Waals surface area (Å²) < 4.78 is 13.0. The number of nitrogens with zero attached hydrogens (tertiary/aromatic N) is 2. The van der Waals surface area contributed by atoms with E-state index in [4.69, 9.17) is 14.6 Å². The second kappa shape index (κ2) is 8.37. The van der Waals surface area contributed by atoms with E-state index in [9.17, 15) is 0 Å². The summed E-state index contributed by atoms with van der Waals surface area (Å²) >= 11 is 0. The third-order valence-electron chi connectivity index (χ3n) is 4.87. The predicted octanol–water partition coefficient (Wildman–Crippen LogP) is 3.82. The van der Waals surface area contributed by atoms with Gasteiger partial charge in [-0.15, -0.1) is 0 Å². The first-order valence-corrected chi connectivity index (χ1v) is 9.44. The van der Waals surface area contributed by atoms with Crippen LogP contribution in [0.3, 0.4) is 0 Å². The van der Waals surface area contributed by atoms with E-state index >= 15 is 0 Å². The molecule has 1 fully saturated rings. The van der Waals surface area contributed by atoms with Gasteiger partial charge < -0.3 is 14.8 Å². The minimum absolute atomic E-state index is 0.328. The highest BCUT2D eigenvalue weighted by Crippen LogP contribution is 2.27. The lowest BCUT2D eigenvalue weighted by Crippen LogP contribution is -2.25. The van der Waals surface area contributed by atoms with E-state index < -0.39 is 0 Å². The third-order valence-corrected chi connectivity index (χ3v) is 4.87. The molecule has 1 aliphatic heterocycles. The van der Waals surface area contributed by atoms with Crippen molar-refractivity contribution in [1.82, 2.24) is 15.1 Å². The van der Waals surface area contributed by atoms with E-state index in [1.165, 1.54) is 0 Å². The fraction of sp³-hybridized carbons (Fsp3) is 0.318. The molecule has 1 saturated heterocycles. The molecule has 0 radical (unpaired) electrons. The van der Waals surface area contributed by atoms with E-state index in [1.807, 2.05) is 41.1 Å². The lowest BCUT2D eigenvalue weighted by atomic mass is 10.1.